The minimum absolute atomic E-state index is 0.0401. The van der Waals surface area contributed by atoms with Crippen molar-refractivity contribution in [1.82, 2.24) is 19.6 Å². The number of ether oxygens (including phenoxy) is 3. The number of non-ortho nitro benzene ring substituents is 3. The van der Waals surface area contributed by atoms with Gasteiger partial charge in [0, 0.05) is 80.3 Å². The van der Waals surface area contributed by atoms with Crippen LogP contribution in [0.15, 0.2) is 72.8 Å². The molecule has 26 heteroatoms. The van der Waals surface area contributed by atoms with Crippen molar-refractivity contribution in [2.24, 2.45) is 11.8 Å². The Morgan fingerprint density at radius 2 is 1.12 bits per heavy atom. The van der Waals surface area contributed by atoms with Crippen LogP contribution in [0, 0.1) is 42.2 Å². The van der Waals surface area contributed by atoms with Gasteiger partial charge in [0.05, 0.1) is 32.8 Å². The number of thioether (sulfide) groups is 1. The number of imide groups is 1. The Balaban J connectivity index is 1.16. The zero-order valence-electron chi connectivity index (χ0n) is 41.7. The maximum absolute atomic E-state index is 14.5. The van der Waals surface area contributed by atoms with E-state index < -0.39 is 106 Å². The number of esters is 1. The Labute approximate surface area is 430 Å². The van der Waals surface area contributed by atoms with E-state index in [0.29, 0.717) is 21.6 Å². The number of β-lactam (4-membered cyclic amide) rings is 1. The monoisotopic (exact) mass is 1060 g/mol. The van der Waals surface area contributed by atoms with Crippen molar-refractivity contribution < 1.29 is 67.0 Å². The van der Waals surface area contributed by atoms with E-state index in [1.54, 1.807) is 6.92 Å². The first-order valence-electron chi connectivity index (χ1n) is 23.5. The van der Waals surface area contributed by atoms with Crippen molar-refractivity contribution >= 4 is 78.1 Å². The molecule has 0 radical (unpaired) electrons. The van der Waals surface area contributed by atoms with E-state index in [9.17, 15) is 63.9 Å². The van der Waals surface area contributed by atoms with Crippen LogP contribution >= 0.6 is 11.8 Å². The van der Waals surface area contributed by atoms with Gasteiger partial charge in [-0.15, -0.1) is 0 Å². The third-order valence-electron chi connectivity index (χ3n) is 13.7. The number of hydrogen-bond acceptors (Lipinski definition) is 18. The van der Waals surface area contributed by atoms with Crippen molar-refractivity contribution in [2.75, 3.05) is 32.7 Å². The molecular weight excluding hydrogens is 1010 g/mol. The lowest BCUT2D eigenvalue weighted by Crippen LogP contribution is -2.71. The highest BCUT2D eigenvalue weighted by atomic mass is 32.2. The Morgan fingerprint density at radius 3 is 1.57 bits per heavy atom. The third-order valence-corrected chi connectivity index (χ3v) is 19.6. The Bertz CT molecular complexity index is 2660. The van der Waals surface area contributed by atoms with Crippen LogP contribution in [0.3, 0.4) is 0 Å². The van der Waals surface area contributed by atoms with Crippen LogP contribution in [-0.2, 0) is 62.4 Å². The lowest BCUT2D eigenvalue weighted by Gasteiger charge is -2.51. The smallest absolute Gasteiger partial charge is 0.410 e. The van der Waals surface area contributed by atoms with Crippen LogP contribution in [-0.4, -0.2) is 140 Å². The molecule has 3 heterocycles. The fourth-order valence-corrected chi connectivity index (χ4v) is 11.1. The second kappa shape index (κ2) is 23.3. The Morgan fingerprint density at radius 1 is 0.689 bits per heavy atom. The predicted molar refractivity (Wildman–Crippen MR) is 265 cm³/mol. The molecule has 6 atom stereocenters. The summed E-state index contributed by atoms with van der Waals surface area (Å²) in [4.78, 5) is 133. The highest BCUT2D eigenvalue weighted by Crippen LogP contribution is 2.44. The number of nitro benzene ring substituents is 3. The highest BCUT2D eigenvalue weighted by Gasteiger charge is 2.59. The van der Waals surface area contributed by atoms with Crippen molar-refractivity contribution in [3.63, 3.8) is 0 Å². The van der Waals surface area contributed by atoms with Crippen molar-refractivity contribution in [2.45, 2.75) is 102 Å². The van der Waals surface area contributed by atoms with Crippen molar-refractivity contribution in [1.29, 1.82) is 0 Å². The molecule has 0 bridgehead atoms. The van der Waals surface area contributed by atoms with E-state index in [1.807, 2.05) is 33.9 Å². The first-order chi connectivity index (χ1) is 34.8. The topological polar surface area (TPSA) is 299 Å². The fraction of sp³-hybridized carbons (Fsp3) is 0.479. The number of piperazine rings is 1. The number of hydrogen-bond donors (Lipinski definition) is 0. The molecular formula is C48H57N7O17SSi. The van der Waals surface area contributed by atoms with Gasteiger partial charge in [-0.05, 0) is 84.6 Å². The quantitative estimate of drug-likeness (QED) is 0.0286. The number of rotatable bonds is 16. The van der Waals surface area contributed by atoms with Crippen LogP contribution in [0.2, 0.25) is 18.1 Å². The summed E-state index contributed by atoms with van der Waals surface area (Å²) in [5.41, 5.74) is 0.772. The second-order valence-corrected chi connectivity index (χ2v) is 25.7. The molecule has 3 fully saturated rings. The second-order valence-electron chi connectivity index (χ2n) is 19.6. The summed E-state index contributed by atoms with van der Waals surface area (Å²) in [5.74, 6) is -6.14. The molecule has 3 aliphatic rings. The summed E-state index contributed by atoms with van der Waals surface area (Å²) >= 11 is 0.805. The van der Waals surface area contributed by atoms with E-state index in [-0.39, 0.29) is 74.5 Å². The summed E-state index contributed by atoms with van der Waals surface area (Å²) in [6, 6.07) is 13.6. The Kier molecular flexibility index (Phi) is 17.6. The molecule has 0 N–H and O–H groups in total. The van der Waals surface area contributed by atoms with Gasteiger partial charge in [-0.3, -0.25) is 59.3 Å². The largest absolute Gasteiger partial charge is 0.454 e. The SMILES string of the molecule is C[C@@H](O[Si](C)(C)C(C)(C)C)[C@H]1C(=O)N(C(=O)C(=O)OCc2ccc([N+](=O)[O-])cc2)[C@@H]1[C@@H](C)C(=O)S[C@H]1C[C@@H](C(=O)N2CCN(C(=O)OCc3ccc([N+](=O)[O-])cc3)CC2)N(C(=O)OCc2ccc([N+](=O)[O-])cc2)C1. The summed E-state index contributed by atoms with van der Waals surface area (Å²) in [6.45, 7) is 12.3. The molecule has 5 amide bonds. The lowest BCUT2D eigenvalue weighted by atomic mass is 9.76. The summed E-state index contributed by atoms with van der Waals surface area (Å²) in [6.07, 6.45) is -2.43. The van der Waals surface area contributed by atoms with Crippen LogP contribution in [0.5, 0.6) is 0 Å². The van der Waals surface area contributed by atoms with Gasteiger partial charge in [0.15, 0.2) is 13.4 Å². The minimum atomic E-state index is -2.55. The van der Waals surface area contributed by atoms with E-state index in [4.69, 9.17) is 18.6 Å². The molecule has 0 spiro atoms. The van der Waals surface area contributed by atoms with Gasteiger partial charge in [-0.1, -0.05) is 39.5 Å². The number of carbonyl (C=O) groups is 7. The van der Waals surface area contributed by atoms with Gasteiger partial charge in [-0.25, -0.2) is 14.4 Å². The van der Waals surface area contributed by atoms with Gasteiger partial charge in [0.2, 0.25) is 11.8 Å². The molecule has 0 aromatic heterocycles. The molecule has 3 aliphatic heterocycles. The molecule has 3 aromatic rings. The van der Waals surface area contributed by atoms with Crippen molar-refractivity contribution in [3.05, 3.63) is 120 Å². The van der Waals surface area contributed by atoms with E-state index >= 15 is 0 Å². The zero-order valence-corrected chi connectivity index (χ0v) is 43.6. The molecule has 396 valence electrons. The minimum Gasteiger partial charge on any atom is -0.454 e. The average molecular weight is 1060 g/mol. The summed E-state index contributed by atoms with van der Waals surface area (Å²) in [5, 5.41) is 31.8. The Hall–Kier alpha value is -7.32. The van der Waals surface area contributed by atoms with E-state index in [2.05, 4.69) is 0 Å². The van der Waals surface area contributed by atoms with Crippen LogP contribution in [0.4, 0.5) is 26.7 Å². The molecule has 3 aromatic carbocycles. The number of likely N-dealkylation sites (tertiary alicyclic amines) is 2. The number of amides is 5. The zero-order chi connectivity index (χ0) is 54.4. The first kappa shape index (κ1) is 56.0. The fourth-order valence-electron chi connectivity index (χ4n) is 8.46. The van der Waals surface area contributed by atoms with Crippen LogP contribution in [0.25, 0.3) is 0 Å². The van der Waals surface area contributed by atoms with Crippen molar-refractivity contribution in [3.8, 4) is 0 Å². The molecule has 0 unspecified atom stereocenters. The first-order valence-corrected chi connectivity index (χ1v) is 27.3. The van der Waals surface area contributed by atoms with Gasteiger partial charge in [0.1, 0.15) is 25.9 Å². The standard InChI is InChI=1S/C48H57N7O17SSi/c1-29(40-39(30(2)72-74(6,7)48(3,4)5)42(57)52(40)43(58)44(59)69-26-31-8-14-34(15-9-31)53(63)64)45(60)73-37-24-38(51(25-37)47(62)71-28-33-12-18-36(19-13-33)55(67)68)41(56)49-20-22-50(23-21-49)46(61)70-27-32-10-16-35(17-11-32)54(65)66/h8-19,29-30,37-40H,20-28H2,1-7H3/t29-,30-,37+,38+,39-,40-/m1/s1. The number of benzene rings is 3. The average Bonchev–Trinajstić information content (AvgIpc) is 3.78. The molecule has 3 saturated heterocycles. The normalized spacial score (nSPS) is 19.7. The molecule has 24 nitrogen and oxygen atoms in total. The lowest BCUT2D eigenvalue weighted by molar-refractivity contribution is -0.385. The third kappa shape index (κ3) is 13.1. The molecule has 0 aliphatic carbocycles. The highest BCUT2D eigenvalue weighted by molar-refractivity contribution is 8.14. The number of nitro groups is 3. The van der Waals surface area contributed by atoms with Gasteiger partial charge in [0.25, 0.3) is 17.1 Å². The molecule has 74 heavy (non-hydrogen) atoms. The van der Waals surface area contributed by atoms with Crippen LogP contribution in [0.1, 0.15) is 57.7 Å². The van der Waals surface area contributed by atoms with Gasteiger partial charge in [-0.2, -0.15) is 0 Å². The number of carbonyl (C=O) groups excluding carboxylic acids is 7. The number of nitrogens with zero attached hydrogens (tertiary/aromatic N) is 7. The predicted octanol–water partition coefficient (Wildman–Crippen LogP) is 6.37. The molecule has 6 rings (SSSR count). The maximum atomic E-state index is 14.5. The van der Waals surface area contributed by atoms with E-state index in [1.165, 1.54) is 94.4 Å². The van der Waals surface area contributed by atoms with E-state index in [0.717, 1.165) is 11.8 Å². The van der Waals surface area contributed by atoms with Gasteiger partial charge >= 0.3 is 24.1 Å². The summed E-state index contributed by atoms with van der Waals surface area (Å²) < 4.78 is 22.8. The van der Waals surface area contributed by atoms with Crippen LogP contribution < -0.4 is 0 Å². The summed E-state index contributed by atoms with van der Waals surface area (Å²) in [7, 11) is -2.55. The van der Waals surface area contributed by atoms with Gasteiger partial charge < -0.3 is 28.4 Å². The maximum Gasteiger partial charge on any atom is 0.410 e. The molecule has 0 saturated carbocycles.